The molecule has 0 saturated carbocycles. The number of carbonyl (C=O) groups excluding carboxylic acids is 1. The molecule has 1 aromatic carbocycles. The summed E-state index contributed by atoms with van der Waals surface area (Å²) in [6, 6.07) is 6.13. The Morgan fingerprint density at radius 1 is 1.35 bits per heavy atom. The van der Waals surface area contributed by atoms with Crippen molar-refractivity contribution in [3.8, 4) is 0 Å². The Kier molecular flexibility index (Phi) is 5.42. The number of carbonyl (C=O) groups is 2. The van der Waals surface area contributed by atoms with Crippen LogP contribution < -0.4 is 9.62 Å². The van der Waals surface area contributed by atoms with Crippen molar-refractivity contribution in [2.45, 2.75) is 13.3 Å². The van der Waals surface area contributed by atoms with E-state index in [0.29, 0.717) is 17.8 Å². The molecule has 1 atom stereocenters. The number of rotatable bonds is 6. The van der Waals surface area contributed by atoms with E-state index in [-0.39, 0.29) is 16.6 Å². The summed E-state index contributed by atoms with van der Waals surface area (Å²) < 4.78 is 22.1. The SMILES string of the molecule is CCC(=O)Nc1ccc(N(c2scnc2C(=O)O)S(=O)O)cc1. The molecule has 2 aromatic rings. The number of hydrogen-bond acceptors (Lipinski definition) is 5. The van der Waals surface area contributed by atoms with Gasteiger partial charge in [-0.05, 0) is 24.3 Å². The average Bonchev–Trinajstić information content (AvgIpc) is 2.98. The van der Waals surface area contributed by atoms with E-state index in [9.17, 15) is 18.4 Å². The first kappa shape index (κ1) is 17.1. The molecule has 23 heavy (non-hydrogen) atoms. The van der Waals surface area contributed by atoms with Crippen molar-refractivity contribution in [1.82, 2.24) is 4.98 Å². The molecule has 8 nitrogen and oxygen atoms in total. The Balaban J connectivity index is 2.35. The Bertz CT molecular complexity index is 744. The number of carboxylic acids is 1. The lowest BCUT2D eigenvalue weighted by Crippen LogP contribution is -2.20. The normalized spacial score (nSPS) is 11.7. The number of anilines is 3. The summed E-state index contributed by atoms with van der Waals surface area (Å²) in [6.45, 7) is 1.72. The van der Waals surface area contributed by atoms with Gasteiger partial charge in [-0.15, -0.1) is 11.3 Å². The maximum absolute atomic E-state index is 11.6. The highest BCUT2D eigenvalue weighted by Crippen LogP contribution is 2.33. The molecule has 1 amide bonds. The minimum atomic E-state index is -2.48. The van der Waals surface area contributed by atoms with Gasteiger partial charge >= 0.3 is 5.97 Å². The van der Waals surface area contributed by atoms with Crippen molar-refractivity contribution >= 4 is 50.9 Å². The first-order chi connectivity index (χ1) is 10.9. The van der Waals surface area contributed by atoms with E-state index in [1.54, 1.807) is 19.1 Å². The average molecular weight is 355 g/mol. The van der Waals surface area contributed by atoms with E-state index >= 15 is 0 Å². The molecule has 2 rings (SSSR count). The van der Waals surface area contributed by atoms with Crippen LogP contribution in [0, 0.1) is 0 Å². The molecule has 10 heteroatoms. The van der Waals surface area contributed by atoms with Gasteiger partial charge in [-0.2, -0.15) is 0 Å². The second-order valence-electron chi connectivity index (χ2n) is 4.28. The summed E-state index contributed by atoms with van der Waals surface area (Å²) in [5, 5.41) is 11.8. The van der Waals surface area contributed by atoms with Crippen LogP contribution in [0.1, 0.15) is 23.8 Å². The summed E-state index contributed by atoms with van der Waals surface area (Å²) in [6.07, 6.45) is 0.331. The van der Waals surface area contributed by atoms with Gasteiger partial charge in [-0.3, -0.25) is 9.35 Å². The number of amides is 1. The van der Waals surface area contributed by atoms with Crippen LogP contribution in [0.4, 0.5) is 16.4 Å². The number of nitrogens with zero attached hydrogens (tertiary/aromatic N) is 2. The number of thiazole rings is 1. The molecular formula is C13H13N3O5S2. The van der Waals surface area contributed by atoms with Crippen LogP contribution in [0.25, 0.3) is 0 Å². The molecule has 0 aliphatic carbocycles. The van der Waals surface area contributed by atoms with Gasteiger partial charge < -0.3 is 10.4 Å². The number of nitrogens with one attached hydrogen (secondary N) is 1. The molecule has 1 heterocycles. The fourth-order valence-corrected chi connectivity index (χ4v) is 3.30. The Labute approximate surface area is 138 Å². The van der Waals surface area contributed by atoms with Crippen molar-refractivity contribution in [2.75, 3.05) is 9.62 Å². The molecule has 0 aliphatic heterocycles. The first-order valence-corrected chi connectivity index (χ1v) is 8.36. The molecule has 0 aliphatic rings. The summed E-state index contributed by atoms with van der Waals surface area (Å²) in [7, 11) is 0. The zero-order valence-electron chi connectivity index (χ0n) is 11.9. The molecule has 1 unspecified atom stereocenters. The standard InChI is InChI=1S/C13H13N3O5S2/c1-2-10(17)15-8-3-5-9(6-4-8)16(23(20)21)12-11(13(18)19)14-7-22-12/h3-7H,2H2,1H3,(H,15,17)(H,18,19)(H,20,21). The zero-order valence-corrected chi connectivity index (χ0v) is 13.6. The molecule has 122 valence electrons. The minimum Gasteiger partial charge on any atom is -0.476 e. The highest BCUT2D eigenvalue weighted by molar-refractivity contribution is 7.81. The molecule has 0 bridgehead atoms. The number of carboxylic acid groups (broad SMARTS) is 1. The number of aromatic carboxylic acids is 1. The van der Waals surface area contributed by atoms with E-state index in [4.69, 9.17) is 5.11 Å². The highest BCUT2D eigenvalue weighted by Gasteiger charge is 2.24. The summed E-state index contributed by atoms with van der Waals surface area (Å²) in [5.41, 5.74) is 1.81. The third-order valence-corrected chi connectivity index (χ3v) is 4.43. The molecule has 0 spiro atoms. The zero-order chi connectivity index (χ0) is 17.0. The molecule has 0 saturated heterocycles. The van der Waals surface area contributed by atoms with E-state index < -0.39 is 17.2 Å². The summed E-state index contributed by atoms with van der Waals surface area (Å²) >= 11 is -1.54. The maximum Gasteiger partial charge on any atom is 0.357 e. The third-order valence-electron chi connectivity index (χ3n) is 2.80. The van der Waals surface area contributed by atoms with Crippen molar-refractivity contribution < 1.29 is 23.5 Å². The van der Waals surface area contributed by atoms with Gasteiger partial charge in [0.1, 0.15) is 5.00 Å². The lowest BCUT2D eigenvalue weighted by Gasteiger charge is -2.18. The molecule has 1 aromatic heterocycles. The van der Waals surface area contributed by atoms with Gasteiger partial charge in [0, 0.05) is 12.1 Å². The van der Waals surface area contributed by atoms with Gasteiger partial charge in [0.25, 0.3) is 11.3 Å². The van der Waals surface area contributed by atoms with Gasteiger partial charge in [-0.1, -0.05) is 6.92 Å². The van der Waals surface area contributed by atoms with Crippen molar-refractivity contribution in [3.05, 3.63) is 35.5 Å². The van der Waals surface area contributed by atoms with E-state index in [0.717, 1.165) is 15.6 Å². The van der Waals surface area contributed by atoms with Gasteiger partial charge in [0.2, 0.25) is 5.91 Å². The molecule has 0 radical (unpaired) electrons. The molecular weight excluding hydrogens is 342 g/mol. The Hall–Kier alpha value is -2.30. The van der Waals surface area contributed by atoms with E-state index in [1.165, 1.54) is 17.6 Å². The van der Waals surface area contributed by atoms with Gasteiger partial charge in [0.05, 0.1) is 11.2 Å². The molecule has 0 fully saturated rings. The van der Waals surface area contributed by atoms with Crippen LogP contribution >= 0.6 is 11.3 Å². The van der Waals surface area contributed by atoms with Gasteiger partial charge in [-0.25, -0.2) is 18.3 Å². The maximum atomic E-state index is 11.6. The van der Waals surface area contributed by atoms with Crippen LogP contribution in [0.3, 0.4) is 0 Å². The molecule has 3 N–H and O–H groups in total. The van der Waals surface area contributed by atoms with E-state index in [1.807, 2.05) is 0 Å². The van der Waals surface area contributed by atoms with Crippen LogP contribution in [0.2, 0.25) is 0 Å². The van der Waals surface area contributed by atoms with Crippen molar-refractivity contribution in [1.29, 1.82) is 0 Å². The lowest BCUT2D eigenvalue weighted by atomic mass is 10.2. The lowest BCUT2D eigenvalue weighted by molar-refractivity contribution is -0.115. The van der Waals surface area contributed by atoms with Crippen LogP contribution in [0.15, 0.2) is 29.8 Å². The number of hydrogen-bond donors (Lipinski definition) is 3. The predicted molar refractivity (Wildman–Crippen MR) is 87.3 cm³/mol. The third kappa shape index (κ3) is 3.92. The number of aromatic nitrogens is 1. The quantitative estimate of drug-likeness (QED) is 0.685. The fourth-order valence-electron chi connectivity index (χ4n) is 1.74. The fraction of sp³-hybridized carbons (Fsp3) is 0.154. The second-order valence-corrected chi connectivity index (χ2v) is 5.94. The van der Waals surface area contributed by atoms with Crippen molar-refractivity contribution in [2.24, 2.45) is 0 Å². The van der Waals surface area contributed by atoms with Crippen LogP contribution in [-0.4, -0.2) is 30.7 Å². The second kappa shape index (κ2) is 7.31. The topological polar surface area (TPSA) is 120 Å². The van der Waals surface area contributed by atoms with Crippen LogP contribution in [-0.2, 0) is 16.1 Å². The van der Waals surface area contributed by atoms with E-state index in [2.05, 4.69) is 10.3 Å². The van der Waals surface area contributed by atoms with Gasteiger partial charge in [0.15, 0.2) is 5.69 Å². The monoisotopic (exact) mass is 355 g/mol. The van der Waals surface area contributed by atoms with Crippen LogP contribution in [0.5, 0.6) is 0 Å². The first-order valence-electron chi connectivity index (χ1n) is 6.41. The largest absolute Gasteiger partial charge is 0.476 e. The highest BCUT2D eigenvalue weighted by atomic mass is 32.2. The summed E-state index contributed by atoms with van der Waals surface area (Å²) in [4.78, 5) is 26.2. The predicted octanol–water partition coefficient (Wildman–Crippen LogP) is 2.46. The minimum absolute atomic E-state index is 0.0451. The van der Waals surface area contributed by atoms with Crippen molar-refractivity contribution in [3.63, 3.8) is 0 Å². The Morgan fingerprint density at radius 2 is 2.00 bits per heavy atom. The number of benzene rings is 1. The Morgan fingerprint density at radius 3 is 2.52 bits per heavy atom. The smallest absolute Gasteiger partial charge is 0.357 e. The summed E-state index contributed by atoms with van der Waals surface area (Å²) in [5.74, 6) is -1.44.